The van der Waals surface area contributed by atoms with Crippen LogP contribution in [0.25, 0.3) is 17.0 Å². The number of pyridine rings is 1. The molecule has 0 spiro atoms. The zero-order chi connectivity index (χ0) is 50.0. The maximum absolute atomic E-state index is 14.9. The summed E-state index contributed by atoms with van der Waals surface area (Å²) in [7, 11) is 5.32. The van der Waals surface area contributed by atoms with Crippen molar-refractivity contribution < 1.29 is 67.2 Å². The maximum Gasteiger partial charge on any atom is 0.311 e. The van der Waals surface area contributed by atoms with Crippen molar-refractivity contribution in [3.63, 3.8) is 0 Å². The number of benzene rings is 1. The van der Waals surface area contributed by atoms with E-state index in [1.54, 1.807) is 40.8 Å². The third-order valence-electron chi connectivity index (χ3n) is 15.0. The van der Waals surface area contributed by atoms with Gasteiger partial charge in [-0.05, 0) is 104 Å². The number of hydrogen-bond donors (Lipinski definition) is 2. The highest BCUT2D eigenvalue weighted by Crippen LogP contribution is 2.43. The number of likely N-dealkylation sites (N-methyl/N-ethyl adjacent to an activating group) is 1. The van der Waals surface area contributed by atoms with Crippen LogP contribution in [0.15, 0.2) is 42.1 Å². The first-order chi connectivity index (χ1) is 31.9. The van der Waals surface area contributed by atoms with E-state index < -0.39 is 108 Å². The molecule has 68 heavy (non-hydrogen) atoms. The Balaban J connectivity index is 1.55. The lowest BCUT2D eigenvalue weighted by Gasteiger charge is -2.50. The Kier molecular flexibility index (Phi) is 17.4. The van der Waals surface area contributed by atoms with Crippen LogP contribution in [0.5, 0.6) is 0 Å². The number of para-hydroxylation sites is 1. The molecule has 16 nitrogen and oxygen atoms in total. The molecule has 380 valence electrons. The minimum atomic E-state index is -1.85. The van der Waals surface area contributed by atoms with Gasteiger partial charge in [-0.1, -0.05) is 45.9 Å². The number of ether oxygens (including phenoxy) is 9. The number of aromatic nitrogens is 1. The van der Waals surface area contributed by atoms with Crippen LogP contribution in [0.2, 0.25) is 0 Å². The number of aliphatic hydroxyl groups excluding tert-OH is 1. The van der Waals surface area contributed by atoms with Gasteiger partial charge in [-0.15, -0.1) is 0 Å². The van der Waals surface area contributed by atoms with Gasteiger partial charge in [0.25, 0.3) is 0 Å². The molecule has 2 aromatic rings. The number of cyclic esters (lactones) is 1. The number of hydrogen-bond acceptors (Lipinski definition) is 16. The Morgan fingerprint density at radius 3 is 2.34 bits per heavy atom. The lowest BCUT2D eigenvalue weighted by Crippen LogP contribution is -2.62. The Morgan fingerprint density at radius 1 is 0.971 bits per heavy atom. The molecule has 4 saturated heterocycles. The van der Waals surface area contributed by atoms with Gasteiger partial charge >= 0.3 is 11.9 Å². The summed E-state index contributed by atoms with van der Waals surface area (Å²) in [5.41, 5.74) is -1.98. The fraction of sp³-hybridized carbons (Fsp3) is 0.731. The number of carbonyl (C=O) groups is 3. The highest BCUT2D eigenvalue weighted by atomic mass is 16.7. The van der Waals surface area contributed by atoms with Gasteiger partial charge in [0.05, 0.1) is 60.8 Å². The molecule has 6 rings (SSSR count). The predicted molar refractivity (Wildman–Crippen MR) is 253 cm³/mol. The molecule has 16 heteroatoms. The molecule has 0 radical (unpaired) electrons. The van der Waals surface area contributed by atoms with Crippen LogP contribution in [0.3, 0.4) is 0 Å². The smallest absolute Gasteiger partial charge is 0.311 e. The average Bonchev–Trinajstić information content (AvgIpc) is 3.29. The largest absolute Gasteiger partial charge is 0.459 e. The zero-order valence-corrected chi connectivity index (χ0v) is 42.6. The van der Waals surface area contributed by atoms with Gasteiger partial charge in [-0.25, -0.2) is 0 Å². The molecule has 0 aliphatic carbocycles. The van der Waals surface area contributed by atoms with E-state index in [1.165, 1.54) is 14.0 Å². The van der Waals surface area contributed by atoms with Crippen LogP contribution in [-0.4, -0.2) is 156 Å². The quantitative estimate of drug-likeness (QED) is 0.276. The minimum Gasteiger partial charge on any atom is -0.459 e. The Labute approximate surface area is 402 Å². The fourth-order valence-corrected chi connectivity index (χ4v) is 11.2. The number of ketones is 1. The molecule has 5 heterocycles. The number of fused-ring (bicyclic) bond motifs is 6. The van der Waals surface area contributed by atoms with Gasteiger partial charge in [0.2, 0.25) is 0 Å². The first kappa shape index (κ1) is 53.9. The lowest BCUT2D eigenvalue weighted by atomic mass is 9.73. The van der Waals surface area contributed by atoms with Crippen molar-refractivity contribution in [1.29, 1.82) is 0 Å². The van der Waals surface area contributed by atoms with Crippen molar-refractivity contribution in [3.8, 4) is 0 Å². The molecule has 1 aromatic carbocycles. The monoisotopic (exact) mass is 955 g/mol. The van der Waals surface area contributed by atoms with Gasteiger partial charge in [-0.2, -0.15) is 0 Å². The van der Waals surface area contributed by atoms with Crippen LogP contribution in [0.1, 0.15) is 107 Å². The van der Waals surface area contributed by atoms with Crippen molar-refractivity contribution in [2.24, 2.45) is 23.7 Å². The summed E-state index contributed by atoms with van der Waals surface area (Å²) >= 11 is 0. The molecule has 4 fully saturated rings. The summed E-state index contributed by atoms with van der Waals surface area (Å²) in [6.45, 7) is 19.2. The average molecular weight is 955 g/mol. The van der Waals surface area contributed by atoms with E-state index in [2.05, 4.69) is 0 Å². The van der Waals surface area contributed by atoms with E-state index in [1.807, 2.05) is 90.0 Å². The van der Waals surface area contributed by atoms with Gasteiger partial charge in [0.15, 0.2) is 18.7 Å². The minimum absolute atomic E-state index is 0.00837. The van der Waals surface area contributed by atoms with Gasteiger partial charge < -0.3 is 57.7 Å². The number of nitrogens with zero attached hydrogens (tertiary/aromatic N) is 2. The molecule has 1 unspecified atom stereocenters. The second kappa shape index (κ2) is 21.9. The van der Waals surface area contributed by atoms with Crippen molar-refractivity contribution in [2.75, 3.05) is 34.4 Å². The third-order valence-corrected chi connectivity index (χ3v) is 15.0. The van der Waals surface area contributed by atoms with Crippen LogP contribution in [-0.2, 0) is 57.0 Å². The normalized spacial score (nSPS) is 42.0. The predicted octanol–water partition coefficient (Wildman–Crippen LogP) is 6.05. The first-order valence-electron chi connectivity index (χ1n) is 24.4. The van der Waals surface area contributed by atoms with Gasteiger partial charge in [0.1, 0.15) is 29.2 Å². The molecule has 0 amide bonds. The van der Waals surface area contributed by atoms with E-state index in [4.69, 9.17) is 47.6 Å². The van der Waals surface area contributed by atoms with Crippen LogP contribution in [0, 0.1) is 23.7 Å². The van der Waals surface area contributed by atoms with Crippen molar-refractivity contribution in [3.05, 3.63) is 47.7 Å². The second-order valence-corrected chi connectivity index (χ2v) is 20.9. The van der Waals surface area contributed by atoms with Gasteiger partial charge in [0, 0.05) is 55.8 Å². The number of esters is 2. The zero-order valence-electron chi connectivity index (χ0n) is 42.6. The number of carbonyl (C=O) groups excluding carboxylic acids is 3. The molecule has 1 aromatic heterocycles. The maximum atomic E-state index is 14.9. The Morgan fingerprint density at radius 2 is 1.68 bits per heavy atom. The van der Waals surface area contributed by atoms with E-state index >= 15 is 0 Å². The molecule has 4 aliphatic heterocycles. The summed E-state index contributed by atoms with van der Waals surface area (Å²) in [4.78, 5) is 48.6. The summed E-state index contributed by atoms with van der Waals surface area (Å²) in [5.74, 6) is -4.73. The van der Waals surface area contributed by atoms with Crippen LogP contribution in [0.4, 0.5) is 0 Å². The summed E-state index contributed by atoms with van der Waals surface area (Å²) in [6, 6.07) is 9.51. The van der Waals surface area contributed by atoms with E-state index in [0.29, 0.717) is 12.0 Å². The number of rotatable bonds is 9. The molecule has 0 saturated carbocycles. The van der Waals surface area contributed by atoms with Crippen LogP contribution < -0.4 is 0 Å². The number of aliphatic hydroxyl groups is 2. The third kappa shape index (κ3) is 11.7. The summed E-state index contributed by atoms with van der Waals surface area (Å²) in [5, 5.41) is 25.6. The lowest BCUT2D eigenvalue weighted by molar-refractivity contribution is -0.320. The van der Waals surface area contributed by atoms with Gasteiger partial charge in [-0.3, -0.25) is 19.4 Å². The number of methoxy groups -OCH3 is 1. The molecule has 2 N–H and O–H groups in total. The number of Topliss-reactive ketones (excluding diaryl/α,β-unsaturated/α-hetero) is 1. The molecular formula is C52H78N2O14. The van der Waals surface area contributed by atoms with E-state index in [9.17, 15) is 24.6 Å². The van der Waals surface area contributed by atoms with Crippen molar-refractivity contribution >= 4 is 34.7 Å². The summed E-state index contributed by atoms with van der Waals surface area (Å²) < 4.78 is 59.1. The SMILES string of the molecule is CC[C@H]1OC(=O)[C@H](C)[C@@H](OC2C[C@@](C)(OC)[C@@H](OC(C)=O)[C@H](C)O2)[C@H](C)[C@@H](O[C@@H]2O[C@H](C)C[C@H](N(C)C)[C@H]2O)[C@@]2(C)C[C@@H](C)C(=O)[C@H](C)[C@@H](OCC(=Cc3cnc4ccccc4c3)CO2)[C@]1(C)O. The summed E-state index contributed by atoms with van der Waals surface area (Å²) in [6.07, 6.45) is -4.71. The Bertz CT molecular complexity index is 2100. The van der Waals surface area contributed by atoms with Crippen molar-refractivity contribution in [1.82, 2.24) is 9.88 Å². The van der Waals surface area contributed by atoms with E-state index in [-0.39, 0.29) is 50.4 Å². The highest BCUT2D eigenvalue weighted by molar-refractivity contribution is 5.84. The van der Waals surface area contributed by atoms with E-state index in [0.717, 1.165) is 16.5 Å². The fourth-order valence-electron chi connectivity index (χ4n) is 11.2. The molecule has 4 aliphatic rings. The standard InChI is InChI=1S/C52H78N2O14/c1-15-40-52(11,59)46-30(4)42(56)28(2)23-51(10,62-27-36(26-61-46)21-35-22-37-18-16-17-19-38(37)53-25-35)45(68-49-43(57)39(54(12)13)20-29(3)63-49)31(5)44(32(6)48(58)66-40)67-41-24-50(9,60-14)47(33(7)64-41)65-34(8)55/h16-19,21-22,25,28-33,39-41,43-47,49,57,59H,15,20,23-24,26-27H2,1-14H3/t28-,29-,30+,31+,32-,33+,39+,40-,41?,43-,44+,45-,46-,47+,49+,50-,51-,52-/m1/s1. The molecule has 18 atom stereocenters. The van der Waals surface area contributed by atoms with Crippen LogP contribution >= 0.6 is 0 Å². The molecule has 2 bridgehead atoms. The topological polar surface area (TPSA) is 191 Å². The second-order valence-electron chi connectivity index (χ2n) is 20.9. The first-order valence-corrected chi connectivity index (χ1v) is 24.4. The molecular weight excluding hydrogens is 877 g/mol. The van der Waals surface area contributed by atoms with Crippen molar-refractivity contribution in [2.45, 2.75) is 186 Å². The Hall–Kier alpha value is -3.42. The highest BCUT2D eigenvalue weighted by Gasteiger charge is 2.55.